The summed E-state index contributed by atoms with van der Waals surface area (Å²) in [5.74, 6) is -1.35. The minimum Gasteiger partial charge on any atom is -0.457 e. The predicted octanol–water partition coefficient (Wildman–Crippen LogP) is 4.58. The first-order valence-electron chi connectivity index (χ1n) is 9.63. The van der Waals surface area contributed by atoms with Gasteiger partial charge in [0.15, 0.2) is 0 Å². The number of rotatable bonds is 5. The van der Waals surface area contributed by atoms with Crippen LogP contribution in [0.15, 0.2) is 71.6 Å². The van der Waals surface area contributed by atoms with Crippen molar-refractivity contribution in [1.82, 2.24) is 4.31 Å². The molecule has 0 aliphatic carbocycles. The first-order chi connectivity index (χ1) is 14.9. The molecule has 0 atom stereocenters. The fourth-order valence-electron chi connectivity index (χ4n) is 3.50. The summed E-state index contributed by atoms with van der Waals surface area (Å²) >= 11 is 5.95. The summed E-state index contributed by atoms with van der Waals surface area (Å²) in [6, 6.07) is 17.6. The van der Waals surface area contributed by atoms with Crippen LogP contribution in [-0.2, 0) is 34.3 Å². The Balaban J connectivity index is 1.52. The maximum Gasteiger partial charge on any atom is 0.338 e. The fraction of sp³-hybridized carbons (Fsp3) is 0.174. The van der Waals surface area contributed by atoms with Crippen molar-refractivity contribution in [2.45, 2.75) is 24.5 Å². The van der Waals surface area contributed by atoms with Gasteiger partial charge in [-0.2, -0.15) is 4.31 Å². The molecule has 0 bridgehead atoms. The Hall–Kier alpha value is -2.74. The van der Waals surface area contributed by atoms with Crippen molar-refractivity contribution in [3.05, 3.63) is 99.8 Å². The molecule has 160 valence electrons. The SMILES string of the molecule is O=C(OCc1c(F)cccc1Cl)c1cccc(S(=O)(=O)N2CCc3ccccc3C2)c1. The molecule has 4 rings (SSSR count). The predicted molar refractivity (Wildman–Crippen MR) is 115 cm³/mol. The lowest BCUT2D eigenvalue weighted by Crippen LogP contribution is -2.36. The molecular weight excluding hydrogens is 441 g/mol. The van der Waals surface area contributed by atoms with Crippen LogP contribution in [0, 0.1) is 5.82 Å². The van der Waals surface area contributed by atoms with Gasteiger partial charge in [-0.1, -0.05) is 48.0 Å². The molecule has 0 N–H and O–H groups in total. The van der Waals surface area contributed by atoms with Crippen molar-refractivity contribution < 1.29 is 22.3 Å². The number of carbonyl (C=O) groups excluding carboxylic acids is 1. The number of nitrogens with zero attached hydrogens (tertiary/aromatic N) is 1. The van der Waals surface area contributed by atoms with Crippen molar-refractivity contribution in [2.24, 2.45) is 0 Å². The second-order valence-corrected chi connectivity index (χ2v) is 9.51. The lowest BCUT2D eigenvalue weighted by Gasteiger charge is -2.28. The van der Waals surface area contributed by atoms with Gasteiger partial charge in [0.1, 0.15) is 12.4 Å². The zero-order chi connectivity index (χ0) is 22.0. The molecule has 0 unspecified atom stereocenters. The smallest absolute Gasteiger partial charge is 0.338 e. The zero-order valence-electron chi connectivity index (χ0n) is 16.4. The van der Waals surface area contributed by atoms with Gasteiger partial charge in [0, 0.05) is 18.7 Å². The highest BCUT2D eigenvalue weighted by Gasteiger charge is 2.28. The Bertz CT molecular complexity index is 1230. The molecule has 0 spiro atoms. The summed E-state index contributed by atoms with van der Waals surface area (Å²) in [4.78, 5) is 12.5. The lowest BCUT2D eigenvalue weighted by molar-refractivity contribution is 0.0469. The molecule has 0 radical (unpaired) electrons. The molecule has 31 heavy (non-hydrogen) atoms. The van der Waals surface area contributed by atoms with E-state index < -0.39 is 21.8 Å². The van der Waals surface area contributed by atoms with E-state index in [2.05, 4.69) is 0 Å². The lowest BCUT2D eigenvalue weighted by atomic mass is 10.0. The van der Waals surface area contributed by atoms with Gasteiger partial charge in [-0.3, -0.25) is 0 Å². The largest absolute Gasteiger partial charge is 0.457 e. The van der Waals surface area contributed by atoms with E-state index in [9.17, 15) is 17.6 Å². The highest BCUT2D eigenvalue weighted by molar-refractivity contribution is 7.89. The minimum atomic E-state index is -3.80. The summed E-state index contributed by atoms with van der Waals surface area (Å²) < 4.78 is 46.7. The van der Waals surface area contributed by atoms with Crippen molar-refractivity contribution in [3.63, 3.8) is 0 Å². The summed E-state index contributed by atoms with van der Waals surface area (Å²) in [5.41, 5.74) is 2.23. The highest BCUT2D eigenvalue weighted by atomic mass is 35.5. The van der Waals surface area contributed by atoms with Gasteiger partial charge in [-0.05, 0) is 47.9 Å². The van der Waals surface area contributed by atoms with Gasteiger partial charge in [0.2, 0.25) is 10.0 Å². The van der Waals surface area contributed by atoms with Gasteiger partial charge in [0.25, 0.3) is 0 Å². The number of benzene rings is 3. The molecule has 0 aromatic heterocycles. The van der Waals surface area contributed by atoms with Crippen molar-refractivity contribution >= 4 is 27.6 Å². The second-order valence-electron chi connectivity index (χ2n) is 7.16. The van der Waals surface area contributed by atoms with Crippen LogP contribution in [0.1, 0.15) is 27.0 Å². The Morgan fingerprint density at radius 1 is 1.03 bits per heavy atom. The van der Waals surface area contributed by atoms with E-state index in [4.69, 9.17) is 16.3 Å². The molecule has 5 nitrogen and oxygen atoms in total. The van der Waals surface area contributed by atoms with E-state index in [-0.39, 0.29) is 34.2 Å². The Kier molecular flexibility index (Phi) is 6.09. The molecule has 0 amide bonds. The Morgan fingerprint density at radius 2 is 1.77 bits per heavy atom. The van der Waals surface area contributed by atoms with Crippen LogP contribution in [-0.4, -0.2) is 25.2 Å². The van der Waals surface area contributed by atoms with Crippen LogP contribution >= 0.6 is 11.6 Å². The average molecular weight is 460 g/mol. The highest BCUT2D eigenvalue weighted by Crippen LogP contribution is 2.26. The van der Waals surface area contributed by atoms with Gasteiger partial charge >= 0.3 is 5.97 Å². The van der Waals surface area contributed by atoms with E-state index in [1.54, 1.807) is 0 Å². The number of halogens is 2. The number of ether oxygens (including phenoxy) is 1. The molecule has 3 aromatic carbocycles. The van der Waals surface area contributed by atoms with Crippen LogP contribution < -0.4 is 0 Å². The Labute approximate surface area is 185 Å². The van der Waals surface area contributed by atoms with Crippen LogP contribution in [0.25, 0.3) is 0 Å². The van der Waals surface area contributed by atoms with Crippen LogP contribution in [0.3, 0.4) is 0 Å². The number of hydrogen-bond donors (Lipinski definition) is 0. The summed E-state index contributed by atoms with van der Waals surface area (Å²) in [6.45, 7) is 0.281. The molecule has 1 aliphatic heterocycles. The summed E-state index contributed by atoms with van der Waals surface area (Å²) in [5, 5.41) is 0.148. The normalized spacial score (nSPS) is 14.1. The molecule has 0 saturated carbocycles. The van der Waals surface area contributed by atoms with Crippen LogP contribution in [0.4, 0.5) is 4.39 Å². The number of esters is 1. The first-order valence-corrected chi connectivity index (χ1v) is 11.4. The first kappa shape index (κ1) is 21.5. The summed E-state index contributed by atoms with van der Waals surface area (Å²) in [7, 11) is -3.80. The maximum absolute atomic E-state index is 13.9. The number of sulfonamides is 1. The molecular formula is C23H19ClFNO4S. The van der Waals surface area contributed by atoms with E-state index in [1.165, 1.54) is 46.8 Å². The minimum absolute atomic E-state index is 0.00487. The zero-order valence-corrected chi connectivity index (χ0v) is 18.0. The maximum atomic E-state index is 13.9. The molecule has 8 heteroatoms. The third-order valence-electron chi connectivity index (χ3n) is 5.21. The van der Waals surface area contributed by atoms with Gasteiger partial charge in [-0.25, -0.2) is 17.6 Å². The van der Waals surface area contributed by atoms with Gasteiger partial charge in [0.05, 0.1) is 15.5 Å². The Morgan fingerprint density at radius 3 is 2.55 bits per heavy atom. The number of carbonyl (C=O) groups is 1. The average Bonchev–Trinajstić information content (AvgIpc) is 2.78. The van der Waals surface area contributed by atoms with E-state index in [0.29, 0.717) is 13.0 Å². The van der Waals surface area contributed by atoms with E-state index in [1.807, 2.05) is 24.3 Å². The second kappa shape index (κ2) is 8.78. The standard InChI is InChI=1S/C23H19ClFNO4S/c24-21-9-4-10-22(25)20(21)15-30-23(27)17-7-3-8-19(13-17)31(28,29)26-12-11-16-5-1-2-6-18(16)14-26/h1-10,13H,11-12,14-15H2. The number of fused-ring (bicyclic) bond motifs is 1. The molecule has 1 aliphatic rings. The molecule has 1 heterocycles. The quantitative estimate of drug-likeness (QED) is 0.524. The fourth-order valence-corrected chi connectivity index (χ4v) is 5.18. The monoisotopic (exact) mass is 459 g/mol. The van der Waals surface area contributed by atoms with Crippen LogP contribution in [0.2, 0.25) is 5.02 Å². The van der Waals surface area contributed by atoms with Gasteiger partial charge < -0.3 is 4.74 Å². The molecule has 3 aromatic rings. The molecule has 0 fully saturated rings. The van der Waals surface area contributed by atoms with Crippen molar-refractivity contribution in [2.75, 3.05) is 6.54 Å². The van der Waals surface area contributed by atoms with Crippen molar-refractivity contribution in [1.29, 1.82) is 0 Å². The third kappa shape index (κ3) is 4.49. The van der Waals surface area contributed by atoms with Gasteiger partial charge in [-0.15, -0.1) is 0 Å². The van der Waals surface area contributed by atoms with Crippen LogP contribution in [0.5, 0.6) is 0 Å². The third-order valence-corrected chi connectivity index (χ3v) is 7.41. The molecule has 0 saturated heterocycles. The van der Waals surface area contributed by atoms with E-state index in [0.717, 1.165) is 11.1 Å². The van der Waals surface area contributed by atoms with E-state index >= 15 is 0 Å². The van der Waals surface area contributed by atoms with Crippen molar-refractivity contribution in [3.8, 4) is 0 Å². The topological polar surface area (TPSA) is 63.7 Å². The number of hydrogen-bond acceptors (Lipinski definition) is 4. The summed E-state index contributed by atoms with van der Waals surface area (Å²) in [6.07, 6.45) is 0.626.